The Morgan fingerprint density at radius 1 is 1.03 bits per heavy atom. The molecule has 3 aromatic carbocycles. The first-order valence-corrected chi connectivity index (χ1v) is 12.1. The molecule has 1 aromatic heterocycles. The maximum atomic E-state index is 15.2. The number of Topliss-reactive ketones (excluding diaryl/α,β-unsaturated/α-hetero) is 1. The highest BCUT2D eigenvalue weighted by molar-refractivity contribution is 5.87. The molecule has 0 aliphatic heterocycles. The predicted octanol–water partition coefficient (Wildman–Crippen LogP) is 7.37. The Hall–Kier alpha value is -4.33. The number of nitro benzene ring substituents is 1. The van der Waals surface area contributed by atoms with E-state index in [1.165, 1.54) is 19.2 Å². The number of fused-ring (bicyclic) bond motifs is 1. The summed E-state index contributed by atoms with van der Waals surface area (Å²) in [6, 6.07) is 17.4. The van der Waals surface area contributed by atoms with Crippen LogP contribution in [0, 0.1) is 15.9 Å². The van der Waals surface area contributed by atoms with Gasteiger partial charge in [0, 0.05) is 30.1 Å². The van der Waals surface area contributed by atoms with Crippen molar-refractivity contribution in [2.75, 3.05) is 0 Å². The summed E-state index contributed by atoms with van der Waals surface area (Å²) in [5, 5.41) is 12.0. The van der Waals surface area contributed by atoms with Crippen LogP contribution in [0.4, 0.5) is 10.1 Å². The Morgan fingerprint density at radius 2 is 1.76 bits per heavy atom. The number of hydrogen-bond donors (Lipinski definition) is 0. The minimum atomic E-state index is -0.933. The fourth-order valence-electron chi connectivity index (χ4n) is 3.80. The third-order valence-electron chi connectivity index (χ3n) is 5.53. The van der Waals surface area contributed by atoms with Crippen molar-refractivity contribution in [3.63, 3.8) is 0 Å². The third-order valence-corrected chi connectivity index (χ3v) is 5.53. The van der Waals surface area contributed by atoms with E-state index in [0.717, 1.165) is 17.2 Å². The number of aromatic nitrogens is 1. The average molecular weight is 505 g/mol. The van der Waals surface area contributed by atoms with Gasteiger partial charge in [-0.05, 0) is 42.7 Å². The number of hydrogen-bond acceptors (Lipinski definition) is 6. The first-order valence-electron chi connectivity index (χ1n) is 12.1. The molecule has 0 spiro atoms. The average Bonchev–Trinajstić information content (AvgIpc) is 2.90. The van der Waals surface area contributed by atoms with E-state index >= 15 is 4.39 Å². The van der Waals surface area contributed by atoms with Gasteiger partial charge in [0.15, 0.2) is 11.6 Å². The number of pyridine rings is 1. The number of ether oxygens (including phenoxy) is 2. The molecule has 0 bridgehead atoms. The largest absolute Gasteiger partial charge is 0.489 e. The van der Waals surface area contributed by atoms with Gasteiger partial charge in [-0.3, -0.25) is 19.9 Å². The van der Waals surface area contributed by atoms with Gasteiger partial charge in [0.2, 0.25) is 0 Å². The summed E-state index contributed by atoms with van der Waals surface area (Å²) in [5.74, 6) is -0.506. The normalized spacial score (nSPS) is 10.4. The van der Waals surface area contributed by atoms with Gasteiger partial charge in [0.05, 0.1) is 16.0 Å². The molecule has 0 aliphatic carbocycles. The summed E-state index contributed by atoms with van der Waals surface area (Å²) in [6.07, 6.45) is 1.81. The van der Waals surface area contributed by atoms with Crippen molar-refractivity contribution < 1.29 is 23.6 Å². The number of ketones is 1. The van der Waals surface area contributed by atoms with Gasteiger partial charge >= 0.3 is 0 Å². The number of carbonyl (C=O) groups excluding carboxylic acids is 1. The lowest BCUT2D eigenvalue weighted by Gasteiger charge is -2.15. The summed E-state index contributed by atoms with van der Waals surface area (Å²) < 4.78 is 27.1. The van der Waals surface area contributed by atoms with E-state index in [-0.39, 0.29) is 11.3 Å². The molecule has 37 heavy (non-hydrogen) atoms. The smallest absolute Gasteiger partial charge is 0.276 e. The number of carbonyl (C=O) groups is 1. The molecule has 1 heterocycles. The highest BCUT2D eigenvalue weighted by Crippen LogP contribution is 2.37. The quantitative estimate of drug-likeness (QED) is 0.174. The third kappa shape index (κ3) is 6.46. The molecule has 0 unspecified atom stereocenters. The van der Waals surface area contributed by atoms with Crippen molar-refractivity contribution in [1.82, 2.24) is 4.98 Å². The van der Waals surface area contributed by atoms with Gasteiger partial charge < -0.3 is 9.47 Å². The van der Waals surface area contributed by atoms with Crippen molar-refractivity contribution >= 4 is 22.4 Å². The van der Waals surface area contributed by atoms with Gasteiger partial charge in [0.25, 0.3) is 5.69 Å². The molecule has 7 nitrogen and oxygen atoms in total. The van der Waals surface area contributed by atoms with E-state index in [4.69, 9.17) is 9.47 Å². The van der Waals surface area contributed by atoms with Gasteiger partial charge in [-0.1, -0.05) is 51.1 Å². The van der Waals surface area contributed by atoms with E-state index in [1.807, 2.05) is 63.2 Å². The number of nitro groups is 1. The minimum absolute atomic E-state index is 0.207. The topological polar surface area (TPSA) is 91.6 Å². The van der Waals surface area contributed by atoms with Gasteiger partial charge in [-0.15, -0.1) is 0 Å². The van der Waals surface area contributed by atoms with Crippen LogP contribution in [-0.2, 0) is 24.2 Å². The second-order valence-corrected chi connectivity index (χ2v) is 8.03. The van der Waals surface area contributed by atoms with Crippen LogP contribution in [0.5, 0.6) is 17.2 Å². The maximum Gasteiger partial charge on any atom is 0.276 e. The van der Waals surface area contributed by atoms with Crippen molar-refractivity contribution in [2.24, 2.45) is 0 Å². The summed E-state index contributed by atoms with van der Waals surface area (Å²) >= 11 is 0. The van der Waals surface area contributed by atoms with Crippen LogP contribution in [0.2, 0.25) is 0 Å². The van der Waals surface area contributed by atoms with Crippen LogP contribution in [-0.4, -0.2) is 15.7 Å². The molecule has 0 fully saturated rings. The fourth-order valence-corrected chi connectivity index (χ4v) is 3.80. The molecule has 0 N–H and O–H groups in total. The number of halogens is 1. The first-order chi connectivity index (χ1) is 17.9. The zero-order chi connectivity index (χ0) is 26.9. The number of nitrogens with zero attached hydrogens (tertiary/aromatic N) is 2. The van der Waals surface area contributed by atoms with E-state index < -0.39 is 28.6 Å². The fraction of sp³-hybridized carbons (Fsp3) is 0.241. The predicted molar refractivity (Wildman–Crippen MR) is 141 cm³/mol. The second kappa shape index (κ2) is 12.6. The molecule has 4 rings (SSSR count). The lowest BCUT2D eigenvalue weighted by Crippen LogP contribution is -2.06. The van der Waals surface area contributed by atoms with Crippen LogP contribution >= 0.6 is 0 Å². The summed E-state index contributed by atoms with van der Waals surface area (Å²) in [5.41, 5.74) is 1.79. The van der Waals surface area contributed by atoms with Crippen molar-refractivity contribution in [2.45, 2.75) is 47.1 Å². The molecule has 0 atom stereocenters. The van der Waals surface area contributed by atoms with Crippen LogP contribution in [0.15, 0.2) is 66.9 Å². The summed E-state index contributed by atoms with van der Waals surface area (Å²) in [7, 11) is 0. The molecule has 0 saturated heterocycles. The SMILES string of the molecule is CC.CCc1cc2c(Oc3ccc([N+](=O)[O-])c(CC(C)=O)c3F)ccnc2cc1OCc1ccccc1. The molecule has 0 amide bonds. The van der Waals surface area contributed by atoms with Crippen LogP contribution in [0.3, 0.4) is 0 Å². The molecule has 0 saturated carbocycles. The number of aryl methyl sites for hydroxylation is 1. The minimum Gasteiger partial charge on any atom is -0.489 e. The molecule has 0 radical (unpaired) electrons. The van der Waals surface area contributed by atoms with E-state index in [9.17, 15) is 14.9 Å². The molecule has 4 aromatic rings. The van der Waals surface area contributed by atoms with Crippen LogP contribution < -0.4 is 9.47 Å². The molecule has 192 valence electrons. The van der Waals surface area contributed by atoms with Crippen molar-refractivity contribution in [1.29, 1.82) is 0 Å². The highest BCUT2D eigenvalue weighted by Gasteiger charge is 2.24. The van der Waals surface area contributed by atoms with Gasteiger partial charge in [0.1, 0.15) is 23.9 Å². The van der Waals surface area contributed by atoms with Gasteiger partial charge in [-0.25, -0.2) is 4.39 Å². The summed E-state index contributed by atoms with van der Waals surface area (Å²) in [4.78, 5) is 26.6. The molecular weight excluding hydrogens is 475 g/mol. The second-order valence-electron chi connectivity index (χ2n) is 8.03. The molecule has 0 aliphatic rings. The Balaban J connectivity index is 0.00000186. The number of rotatable bonds is 9. The number of benzene rings is 3. The molecular formula is C29H29FN2O5. The Labute approximate surface area is 215 Å². The van der Waals surface area contributed by atoms with E-state index in [0.29, 0.717) is 35.4 Å². The maximum absolute atomic E-state index is 15.2. The Kier molecular flexibility index (Phi) is 9.27. The lowest BCUT2D eigenvalue weighted by molar-refractivity contribution is -0.385. The van der Waals surface area contributed by atoms with Gasteiger partial charge in [-0.2, -0.15) is 0 Å². The van der Waals surface area contributed by atoms with Crippen molar-refractivity contribution in [3.8, 4) is 17.2 Å². The standard InChI is InChI=1S/C27H23FN2O5.C2H6/c1-3-19-14-20-22(15-26(19)34-16-18-7-5-4-6-8-18)29-12-11-24(20)35-25-10-9-23(30(32)33)21(27(25)28)13-17(2)31;1-2/h4-12,14-15H,3,13,16H2,1-2H3;1-2H3. The Morgan fingerprint density at radius 3 is 2.41 bits per heavy atom. The first kappa shape index (κ1) is 27.3. The molecule has 8 heteroatoms. The van der Waals surface area contributed by atoms with E-state index in [2.05, 4.69) is 4.98 Å². The van der Waals surface area contributed by atoms with Crippen LogP contribution in [0.1, 0.15) is 44.4 Å². The van der Waals surface area contributed by atoms with E-state index in [1.54, 1.807) is 6.07 Å². The van der Waals surface area contributed by atoms with Crippen LogP contribution in [0.25, 0.3) is 10.9 Å². The lowest BCUT2D eigenvalue weighted by atomic mass is 10.1. The Bertz CT molecular complexity index is 1410. The monoisotopic (exact) mass is 504 g/mol. The van der Waals surface area contributed by atoms with Crippen molar-refractivity contribution in [3.05, 3.63) is 99.5 Å². The highest BCUT2D eigenvalue weighted by atomic mass is 19.1. The zero-order valence-corrected chi connectivity index (χ0v) is 21.3. The zero-order valence-electron chi connectivity index (χ0n) is 21.3. The summed E-state index contributed by atoms with van der Waals surface area (Å²) in [6.45, 7) is 7.65.